The molecule has 0 aliphatic heterocycles. The minimum atomic E-state index is 0.990. The summed E-state index contributed by atoms with van der Waals surface area (Å²) in [5.41, 5.74) is 0.990. The van der Waals surface area contributed by atoms with Crippen molar-refractivity contribution < 1.29 is 0 Å². The largest absolute Gasteiger partial charge is 0.264 e. The van der Waals surface area contributed by atoms with Crippen molar-refractivity contribution in [3.63, 3.8) is 0 Å². The van der Waals surface area contributed by atoms with Gasteiger partial charge in [0.15, 0.2) is 0 Å². The van der Waals surface area contributed by atoms with Crippen LogP contribution in [0.2, 0.25) is 0 Å². The van der Waals surface area contributed by atoms with Gasteiger partial charge in [0.1, 0.15) is 0 Å². The molecule has 0 amide bonds. The lowest BCUT2D eigenvalue weighted by molar-refractivity contribution is 1.14. The molecule has 8 heavy (non-hydrogen) atoms. The zero-order chi connectivity index (χ0) is 5.98. The van der Waals surface area contributed by atoms with Crippen LogP contribution >= 0.6 is 0 Å². The van der Waals surface area contributed by atoms with Crippen molar-refractivity contribution in [3.8, 4) is 0 Å². The highest BCUT2D eigenvalue weighted by atomic mass is 28.1. The molecule has 0 spiro atoms. The molecule has 2 nitrogen and oxygen atoms in total. The van der Waals surface area contributed by atoms with Crippen LogP contribution < -0.4 is 5.32 Å². The molecule has 0 unspecified atom stereocenters. The lowest BCUT2D eigenvalue weighted by atomic mass is 10.5. The highest BCUT2D eigenvalue weighted by Crippen LogP contribution is 1.79. The first-order valence-electron chi connectivity index (χ1n) is 2.54. The number of rotatable bonds is 0. The Bertz CT molecular complexity index is 149. The van der Waals surface area contributed by atoms with Gasteiger partial charge in [0.25, 0.3) is 0 Å². The highest BCUT2D eigenvalue weighted by Gasteiger charge is 1.82. The second-order valence-electron chi connectivity index (χ2n) is 1.80. The number of hydrogen-bond donors (Lipinski definition) is 0. The first kappa shape index (κ1) is 5.43. The van der Waals surface area contributed by atoms with Gasteiger partial charge in [-0.1, -0.05) is 0 Å². The van der Waals surface area contributed by atoms with Crippen molar-refractivity contribution in [2.75, 3.05) is 0 Å². The van der Waals surface area contributed by atoms with E-state index in [1.807, 2.05) is 13.1 Å². The molecule has 1 aromatic rings. The Labute approximate surface area is 51.4 Å². The lowest BCUT2D eigenvalue weighted by Crippen LogP contribution is -2.07. The Morgan fingerprint density at radius 3 is 2.50 bits per heavy atom. The van der Waals surface area contributed by atoms with E-state index in [1.165, 1.54) is 0 Å². The number of aromatic nitrogens is 2. The standard InChI is InChI=1S/C5H8N2Si/c1-4-2-7-5(8)3-6-4/h2-3H,1,8H3. The first-order chi connectivity index (χ1) is 3.79. The van der Waals surface area contributed by atoms with Crippen LogP contribution in [0.5, 0.6) is 0 Å². The van der Waals surface area contributed by atoms with Crippen LogP contribution in [-0.4, -0.2) is 20.2 Å². The van der Waals surface area contributed by atoms with Crippen LogP contribution in [0, 0.1) is 6.92 Å². The molecule has 0 radical (unpaired) electrons. The topological polar surface area (TPSA) is 25.8 Å². The van der Waals surface area contributed by atoms with Crippen LogP contribution in [0.4, 0.5) is 0 Å². The molecule has 0 saturated carbocycles. The molecule has 0 N–H and O–H groups in total. The maximum Gasteiger partial charge on any atom is 0.0643 e. The van der Waals surface area contributed by atoms with E-state index in [4.69, 9.17) is 0 Å². The summed E-state index contributed by atoms with van der Waals surface area (Å²) in [6.45, 7) is 1.94. The van der Waals surface area contributed by atoms with Crippen LogP contribution in [0.1, 0.15) is 5.69 Å². The molecule has 0 aliphatic carbocycles. The Balaban J connectivity index is 3.03. The molecule has 0 fully saturated rings. The van der Waals surface area contributed by atoms with Gasteiger partial charge in [-0.3, -0.25) is 9.97 Å². The van der Waals surface area contributed by atoms with E-state index in [2.05, 4.69) is 9.97 Å². The molecule has 1 heterocycles. The van der Waals surface area contributed by atoms with Crippen LogP contribution in [-0.2, 0) is 0 Å². The van der Waals surface area contributed by atoms with Gasteiger partial charge in [-0.05, 0) is 6.92 Å². The average Bonchev–Trinajstić information content (AvgIpc) is 1.77. The third kappa shape index (κ3) is 1.13. The monoisotopic (exact) mass is 124 g/mol. The molecular weight excluding hydrogens is 116 g/mol. The second-order valence-corrected chi connectivity index (χ2v) is 2.82. The molecular formula is C5H8N2Si. The third-order valence-electron chi connectivity index (χ3n) is 0.910. The van der Waals surface area contributed by atoms with E-state index >= 15 is 0 Å². The lowest BCUT2D eigenvalue weighted by Gasteiger charge is -1.88. The molecule has 42 valence electrons. The van der Waals surface area contributed by atoms with Gasteiger partial charge in [0, 0.05) is 17.7 Å². The molecule has 0 bridgehead atoms. The second kappa shape index (κ2) is 2.04. The van der Waals surface area contributed by atoms with E-state index in [0.717, 1.165) is 21.3 Å². The molecule has 0 aliphatic rings. The Kier molecular flexibility index (Phi) is 1.39. The minimum Gasteiger partial charge on any atom is -0.264 e. The van der Waals surface area contributed by atoms with Crippen LogP contribution in [0.3, 0.4) is 0 Å². The van der Waals surface area contributed by atoms with Gasteiger partial charge in [0.2, 0.25) is 0 Å². The predicted octanol–water partition coefficient (Wildman–Crippen LogP) is -1.22. The predicted molar refractivity (Wildman–Crippen MR) is 36.3 cm³/mol. The normalized spacial score (nSPS) is 9.62. The fourth-order valence-corrected chi connectivity index (χ4v) is 0.715. The van der Waals surface area contributed by atoms with Crippen molar-refractivity contribution >= 4 is 15.6 Å². The van der Waals surface area contributed by atoms with Crippen molar-refractivity contribution in [2.24, 2.45) is 0 Å². The van der Waals surface area contributed by atoms with Crippen LogP contribution in [0.25, 0.3) is 0 Å². The summed E-state index contributed by atoms with van der Waals surface area (Å²) in [4.78, 5) is 8.13. The highest BCUT2D eigenvalue weighted by molar-refractivity contribution is 6.30. The van der Waals surface area contributed by atoms with Crippen molar-refractivity contribution in [3.05, 3.63) is 18.1 Å². The summed E-state index contributed by atoms with van der Waals surface area (Å²) in [5, 5.41) is 1.11. The quantitative estimate of drug-likeness (QED) is 0.405. The van der Waals surface area contributed by atoms with E-state index in [1.54, 1.807) is 6.20 Å². The summed E-state index contributed by atoms with van der Waals surface area (Å²) >= 11 is 0. The van der Waals surface area contributed by atoms with Crippen LogP contribution in [0.15, 0.2) is 12.4 Å². The fourth-order valence-electron chi connectivity index (χ4n) is 0.457. The van der Waals surface area contributed by atoms with Crippen molar-refractivity contribution in [2.45, 2.75) is 6.92 Å². The third-order valence-corrected chi connectivity index (χ3v) is 1.43. The zero-order valence-corrected chi connectivity index (χ0v) is 7.05. The molecule has 1 rings (SSSR count). The number of aryl methyl sites for hydroxylation is 1. The average molecular weight is 124 g/mol. The summed E-state index contributed by atoms with van der Waals surface area (Å²) in [6, 6.07) is 0. The number of nitrogens with zero attached hydrogens (tertiary/aromatic N) is 2. The Morgan fingerprint density at radius 1 is 1.38 bits per heavy atom. The molecule has 3 heteroatoms. The first-order valence-corrected chi connectivity index (χ1v) is 3.54. The smallest absolute Gasteiger partial charge is 0.0643 e. The van der Waals surface area contributed by atoms with Gasteiger partial charge < -0.3 is 0 Å². The molecule has 0 atom stereocenters. The molecule has 0 saturated heterocycles. The maximum absolute atomic E-state index is 4.08. The van der Waals surface area contributed by atoms with Gasteiger partial charge in [-0.25, -0.2) is 0 Å². The fraction of sp³-hybridized carbons (Fsp3) is 0.200. The summed E-state index contributed by atoms with van der Waals surface area (Å²) in [5.74, 6) is 0. The summed E-state index contributed by atoms with van der Waals surface area (Å²) in [6.07, 6.45) is 3.61. The van der Waals surface area contributed by atoms with Gasteiger partial charge >= 0.3 is 0 Å². The van der Waals surface area contributed by atoms with E-state index < -0.39 is 0 Å². The molecule has 1 aromatic heterocycles. The van der Waals surface area contributed by atoms with Crippen molar-refractivity contribution in [1.82, 2.24) is 9.97 Å². The van der Waals surface area contributed by atoms with Gasteiger partial charge in [-0.15, -0.1) is 0 Å². The summed E-state index contributed by atoms with van der Waals surface area (Å²) in [7, 11) is 0.998. The minimum absolute atomic E-state index is 0.990. The SMILES string of the molecule is Cc1cnc([SiH3])cn1. The Hall–Kier alpha value is -0.703. The summed E-state index contributed by atoms with van der Waals surface area (Å²) < 4.78 is 0. The van der Waals surface area contributed by atoms with Crippen molar-refractivity contribution in [1.29, 1.82) is 0 Å². The van der Waals surface area contributed by atoms with Gasteiger partial charge in [-0.2, -0.15) is 0 Å². The maximum atomic E-state index is 4.08. The Morgan fingerprint density at radius 2 is 2.12 bits per heavy atom. The van der Waals surface area contributed by atoms with Gasteiger partial charge in [0.05, 0.1) is 15.9 Å². The van der Waals surface area contributed by atoms with E-state index in [0.29, 0.717) is 0 Å². The van der Waals surface area contributed by atoms with E-state index in [9.17, 15) is 0 Å². The number of hydrogen-bond acceptors (Lipinski definition) is 2. The zero-order valence-electron chi connectivity index (χ0n) is 5.05. The molecule has 0 aromatic carbocycles. The van der Waals surface area contributed by atoms with E-state index in [-0.39, 0.29) is 0 Å².